The van der Waals surface area contributed by atoms with Gasteiger partial charge in [0.25, 0.3) is 0 Å². The lowest BCUT2D eigenvalue weighted by Gasteiger charge is -2.18. The predicted octanol–water partition coefficient (Wildman–Crippen LogP) is 1.82. The molecule has 0 spiro atoms. The van der Waals surface area contributed by atoms with Crippen molar-refractivity contribution in [2.24, 2.45) is 5.92 Å². The van der Waals surface area contributed by atoms with Gasteiger partial charge in [0.05, 0.1) is 11.1 Å². The maximum absolute atomic E-state index is 11.6. The molecule has 15 heavy (non-hydrogen) atoms. The normalized spacial score (nSPS) is 26.0. The molecule has 1 aliphatic heterocycles. The van der Waals surface area contributed by atoms with E-state index in [1.54, 1.807) is 16.3 Å². The molecule has 2 N–H and O–H groups in total. The van der Waals surface area contributed by atoms with Gasteiger partial charge in [-0.2, -0.15) is 0 Å². The zero-order valence-electron chi connectivity index (χ0n) is 8.40. The molecule has 2 aliphatic rings. The smallest absolute Gasteiger partial charge is 0.329 e. The molecule has 0 amide bonds. The topological polar surface area (TPSA) is 58.0 Å². The highest BCUT2D eigenvalue weighted by molar-refractivity contribution is 7.98. The van der Waals surface area contributed by atoms with Crippen molar-refractivity contribution in [2.75, 3.05) is 0 Å². The van der Waals surface area contributed by atoms with Gasteiger partial charge in [-0.15, -0.1) is 11.8 Å². The number of thioether (sulfide) groups is 1. The Kier molecular flexibility index (Phi) is 2.09. The Morgan fingerprint density at radius 2 is 2.13 bits per heavy atom. The molecule has 1 fully saturated rings. The Labute approximate surface area is 91.7 Å². The second-order valence-corrected chi connectivity index (χ2v) is 5.45. The van der Waals surface area contributed by atoms with Crippen molar-refractivity contribution in [3.05, 3.63) is 16.2 Å². The lowest BCUT2D eigenvalue weighted by Crippen LogP contribution is -2.22. The van der Waals surface area contributed by atoms with E-state index in [4.69, 9.17) is 0 Å². The Bertz CT molecular complexity index is 431. The molecule has 0 saturated heterocycles. The minimum absolute atomic E-state index is 0.0630. The van der Waals surface area contributed by atoms with Gasteiger partial charge in [0.1, 0.15) is 0 Å². The van der Waals surface area contributed by atoms with E-state index in [0.717, 1.165) is 11.4 Å². The third kappa shape index (κ3) is 1.33. The number of hydrogen-bond acceptors (Lipinski definition) is 3. The second-order valence-electron chi connectivity index (χ2n) is 4.34. The van der Waals surface area contributed by atoms with Crippen LogP contribution in [0.15, 0.2) is 4.79 Å². The number of H-pyrrole nitrogens is 1. The summed E-state index contributed by atoms with van der Waals surface area (Å²) in [6.45, 7) is 0. The standard InChI is InChI=1S/C10H14N2O2S/c13-8-7-5-15-9(6-3-1-2-4-6)12(7)10(14)11-8/h6,9,13H,1-5H2,(H,11,14). The van der Waals surface area contributed by atoms with Crippen LogP contribution in [0.25, 0.3) is 0 Å². The van der Waals surface area contributed by atoms with Crippen molar-refractivity contribution >= 4 is 11.8 Å². The molecule has 82 valence electrons. The van der Waals surface area contributed by atoms with E-state index in [1.807, 2.05) is 0 Å². The number of nitrogens with one attached hydrogen (secondary N) is 1. The monoisotopic (exact) mass is 226 g/mol. The summed E-state index contributed by atoms with van der Waals surface area (Å²) in [7, 11) is 0. The number of imidazole rings is 1. The number of aromatic hydroxyl groups is 1. The molecular formula is C10H14N2O2S. The molecule has 0 bridgehead atoms. The van der Waals surface area contributed by atoms with Crippen molar-refractivity contribution in [1.82, 2.24) is 9.55 Å². The number of hydrogen-bond donors (Lipinski definition) is 2. The molecule has 1 aromatic heterocycles. The minimum Gasteiger partial charge on any atom is -0.493 e. The van der Waals surface area contributed by atoms with E-state index >= 15 is 0 Å². The average molecular weight is 226 g/mol. The summed E-state index contributed by atoms with van der Waals surface area (Å²) in [6.07, 6.45) is 5.00. The summed E-state index contributed by atoms with van der Waals surface area (Å²) in [5, 5.41) is 9.78. The van der Waals surface area contributed by atoms with E-state index in [-0.39, 0.29) is 16.9 Å². The van der Waals surface area contributed by atoms with Crippen molar-refractivity contribution in [2.45, 2.75) is 36.8 Å². The average Bonchev–Trinajstić information content (AvgIpc) is 2.88. The third-order valence-corrected chi connectivity index (χ3v) is 4.83. The Hall–Kier alpha value is -0.840. The predicted molar refractivity (Wildman–Crippen MR) is 59.0 cm³/mol. The summed E-state index contributed by atoms with van der Waals surface area (Å²) < 4.78 is 1.76. The number of aromatic amines is 1. The van der Waals surface area contributed by atoms with Gasteiger partial charge in [-0.1, -0.05) is 12.8 Å². The van der Waals surface area contributed by atoms with E-state index in [0.29, 0.717) is 5.92 Å². The molecule has 1 aromatic rings. The number of fused-ring (bicyclic) bond motifs is 1. The molecule has 1 atom stereocenters. The molecule has 0 radical (unpaired) electrons. The van der Waals surface area contributed by atoms with E-state index in [1.165, 1.54) is 25.7 Å². The van der Waals surface area contributed by atoms with Crippen molar-refractivity contribution in [3.63, 3.8) is 0 Å². The van der Waals surface area contributed by atoms with Crippen LogP contribution in [0.2, 0.25) is 0 Å². The zero-order chi connectivity index (χ0) is 10.4. The highest BCUT2D eigenvalue weighted by Gasteiger charge is 2.35. The molecule has 0 aromatic carbocycles. The first-order chi connectivity index (χ1) is 7.27. The van der Waals surface area contributed by atoms with Gasteiger partial charge in [-0.25, -0.2) is 4.79 Å². The van der Waals surface area contributed by atoms with Crippen LogP contribution in [0, 0.1) is 5.92 Å². The fourth-order valence-electron chi connectivity index (χ4n) is 2.71. The summed E-state index contributed by atoms with van der Waals surface area (Å²) in [6, 6.07) is 0. The van der Waals surface area contributed by atoms with Crippen molar-refractivity contribution in [1.29, 1.82) is 0 Å². The van der Waals surface area contributed by atoms with Crippen LogP contribution in [0.5, 0.6) is 5.88 Å². The van der Waals surface area contributed by atoms with Crippen molar-refractivity contribution < 1.29 is 5.11 Å². The van der Waals surface area contributed by atoms with Crippen LogP contribution in [0.1, 0.15) is 36.8 Å². The molecule has 1 unspecified atom stereocenters. The quantitative estimate of drug-likeness (QED) is 0.768. The Morgan fingerprint density at radius 1 is 1.40 bits per heavy atom. The molecule has 4 nitrogen and oxygen atoms in total. The number of nitrogens with zero attached hydrogens (tertiary/aromatic N) is 1. The first kappa shape index (κ1) is 9.39. The lowest BCUT2D eigenvalue weighted by atomic mass is 10.1. The summed E-state index contributed by atoms with van der Waals surface area (Å²) in [4.78, 5) is 14.1. The van der Waals surface area contributed by atoms with E-state index in [9.17, 15) is 9.90 Å². The Balaban J connectivity index is 1.99. The van der Waals surface area contributed by atoms with Crippen LogP contribution >= 0.6 is 11.8 Å². The maximum Gasteiger partial charge on any atom is 0.329 e. The minimum atomic E-state index is -0.149. The van der Waals surface area contributed by atoms with Gasteiger partial charge >= 0.3 is 5.69 Å². The van der Waals surface area contributed by atoms with Crippen LogP contribution < -0.4 is 5.69 Å². The maximum atomic E-state index is 11.6. The third-order valence-electron chi connectivity index (χ3n) is 3.46. The highest BCUT2D eigenvalue weighted by atomic mass is 32.2. The van der Waals surface area contributed by atoms with E-state index < -0.39 is 0 Å². The van der Waals surface area contributed by atoms with Gasteiger partial charge in [0.2, 0.25) is 5.88 Å². The SMILES string of the molecule is O=c1[nH]c(O)c2n1C(C1CCCC1)SC2. The lowest BCUT2D eigenvalue weighted by molar-refractivity contribution is 0.433. The largest absolute Gasteiger partial charge is 0.493 e. The molecule has 5 heteroatoms. The highest BCUT2D eigenvalue weighted by Crippen LogP contribution is 2.47. The zero-order valence-corrected chi connectivity index (χ0v) is 9.22. The first-order valence-electron chi connectivity index (χ1n) is 5.41. The van der Waals surface area contributed by atoms with Crippen LogP contribution in [0.3, 0.4) is 0 Å². The Morgan fingerprint density at radius 3 is 2.87 bits per heavy atom. The van der Waals surface area contributed by atoms with Crippen LogP contribution in [-0.4, -0.2) is 14.7 Å². The summed E-state index contributed by atoms with van der Waals surface area (Å²) in [5.74, 6) is 1.43. The van der Waals surface area contributed by atoms with Crippen molar-refractivity contribution in [3.8, 4) is 5.88 Å². The second kappa shape index (κ2) is 3.33. The summed E-state index contributed by atoms with van der Waals surface area (Å²) >= 11 is 1.79. The number of rotatable bonds is 1. The van der Waals surface area contributed by atoms with Gasteiger partial charge in [0.15, 0.2) is 0 Å². The van der Waals surface area contributed by atoms with Crippen LogP contribution in [-0.2, 0) is 5.75 Å². The van der Waals surface area contributed by atoms with Gasteiger partial charge in [0, 0.05) is 5.75 Å². The van der Waals surface area contributed by atoms with Crippen LogP contribution in [0.4, 0.5) is 0 Å². The summed E-state index contributed by atoms with van der Waals surface area (Å²) in [5.41, 5.74) is 0.631. The van der Waals surface area contributed by atoms with Gasteiger partial charge in [-0.3, -0.25) is 9.55 Å². The van der Waals surface area contributed by atoms with Gasteiger partial charge < -0.3 is 5.11 Å². The number of aromatic nitrogens is 2. The molecule has 1 aliphatic carbocycles. The molecule has 2 heterocycles. The van der Waals surface area contributed by atoms with E-state index in [2.05, 4.69) is 4.98 Å². The van der Waals surface area contributed by atoms with Gasteiger partial charge in [-0.05, 0) is 18.8 Å². The molecular weight excluding hydrogens is 212 g/mol. The fraction of sp³-hybridized carbons (Fsp3) is 0.700. The molecule has 3 rings (SSSR count). The molecule has 1 saturated carbocycles. The first-order valence-corrected chi connectivity index (χ1v) is 6.46. The fourth-order valence-corrected chi connectivity index (χ4v) is 4.23.